The van der Waals surface area contributed by atoms with Crippen molar-refractivity contribution in [1.82, 2.24) is 9.97 Å². The van der Waals surface area contributed by atoms with E-state index in [1.165, 1.54) is 12.4 Å². The summed E-state index contributed by atoms with van der Waals surface area (Å²) in [5.41, 5.74) is 0.258. The van der Waals surface area contributed by atoms with E-state index in [0.29, 0.717) is 18.9 Å². The van der Waals surface area contributed by atoms with Crippen LogP contribution in [0.2, 0.25) is 0 Å². The van der Waals surface area contributed by atoms with Gasteiger partial charge in [0.1, 0.15) is 11.9 Å². The van der Waals surface area contributed by atoms with Gasteiger partial charge in [0, 0.05) is 13.1 Å². The molecule has 2 rings (SSSR count). The van der Waals surface area contributed by atoms with Gasteiger partial charge in [-0.25, -0.2) is 18.4 Å². The Morgan fingerprint density at radius 2 is 1.94 bits per heavy atom. The first-order valence-corrected chi connectivity index (χ1v) is 6.60. The standard InChI is InChI=1S/C9H10N4O2S/c10-5-8-6-12-9(7-11-8)13-1-3-16(14,15)4-2-13/h6-7H,1-4H2. The Hall–Kier alpha value is -1.68. The van der Waals surface area contributed by atoms with Crippen LogP contribution in [0.5, 0.6) is 0 Å². The molecule has 0 radical (unpaired) electrons. The minimum atomic E-state index is -2.88. The highest BCUT2D eigenvalue weighted by Gasteiger charge is 2.22. The Kier molecular flexibility index (Phi) is 2.75. The number of nitriles is 1. The second-order valence-electron chi connectivity index (χ2n) is 3.51. The normalized spacial score (nSPS) is 19.1. The highest BCUT2D eigenvalue weighted by Crippen LogP contribution is 2.12. The highest BCUT2D eigenvalue weighted by molar-refractivity contribution is 7.91. The van der Waals surface area contributed by atoms with Crippen molar-refractivity contribution in [2.24, 2.45) is 0 Å². The van der Waals surface area contributed by atoms with Gasteiger partial charge in [-0.3, -0.25) is 0 Å². The molecule has 1 aliphatic rings. The maximum Gasteiger partial charge on any atom is 0.158 e. The molecule has 0 spiro atoms. The van der Waals surface area contributed by atoms with Crippen LogP contribution in [-0.4, -0.2) is 43.0 Å². The van der Waals surface area contributed by atoms with Gasteiger partial charge in [-0.2, -0.15) is 5.26 Å². The quantitative estimate of drug-likeness (QED) is 0.660. The van der Waals surface area contributed by atoms with Crippen molar-refractivity contribution in [3.05, 3.63) is 18.1 Å². The fourth-order valence-electron chi connectivity index (χ4n) is 1.48. The smallest absolute Gasteiger partial charge is 0.158 e. The number of sulfone groups is 1. The molecule has 0 amide bonds. The van der Waals surface area contributed by atoms with E-state index in [4.69, 9.17) is 5.26 Å². The highest BCUT2D eigenvalue weighted by atomic mass is 32.2. The van der Waals surface area contributed by atoms with Gasteiger partial charge < -0.3 is 4.90 Å². The number of nitrogens with zero attached hydrogens (tertiary/aromatic N) is 4. The van der Waals surface area contributed by atoms with Crippen molar-refractivity contribution in [3.8, 4) is 6.07 Å². The molecule has 0 saturated carbocycles. The number of hydrogen-bond acceptors (Lipinski definition) is 6. The van der Waals surface area contributed by atoms with Crippen molar-refractivity contribution in [2.75, 3.05) is 29.5 Å². The predicted octanol–water partition coefficient (Wildman–Crippen LogP) is -0.417. The molecule has 0 unspecified atom stereocenters. The molecule has 0 aliphatic carbocycles. The Balaban J connectivity index is 2.12. The topological polar surface area (TPSA) is 87.0 Å². The lowest BCUT2D eigenvalue weighted by Crippen LogP contribution is -2.40. The summed E-state index contributed by atoms with van der Waals surface area (Å²) in [6.07, 6.45) is 2.88. The van der Waals surface area contributed by atoms with E-state index >= 15 is 0 Å². The summed E-state index contributed by atoms with van der Waals surface area (Å²) < 4.78 is 22.4. The average molecular weight is 238 g/mol. The summed E-state index contributed by atoms with van der Waals surface area (Å²) in [4.78, 5) is 9.82. The molecule has 1 aliphatic heterocycles. The van der Waals surface area contributed by atoms with Crippen LogP contribution in [-0.2, 0) is 9.84 Å². The molecule has 0 bridgehead atoms. The minimum Gasteiger partial charge on any atom is -0.353 e. The van der Waals surface area contributed by atoms with E-state index in [0.717, 1.165) is 0 Å². The number of hydrogen-bond donors (Lipinski definition) is 0. The number of anilines is 1. The third-order valence-electron chi connectivity index (χ3n) is 2.42. The van der Waals surface area contributed by atoms with Crippen LogP contribution < -0.4 is 4.90 Å². The predicted molar refractivity (Wildman–Crippen MR) is 57.6 cm³/mol. The van der Waals surface area contributed by atoms with Crippen LogP contribution in [0, 0.1) is 11.3 Å². The monoisotopic (exact) mass is 238 g/mol. The third kappa shape index (κ3) is 2.28. The zero-order valence-electron chi connectivity index (χ0n) is 8.50. The van der Waals surface area contributed by atoms with Crippen LogP contribution in [0.1, 0.15) is 5.69 Å². The SMILES string of the molecule is N#Cc1cnc(N2CCS(=O)(=O)CC2)cn1. The molecule has 0 atom stereocenters. The summed E-state index contributed by atoms with van der Waals surface area (Å²) >= 11 is 0. The molecular weight excluding hydrogens is 228 g/mol. The Morgan fingerprint density at radius 1 is 1.25 bits per heavy atom. The molecule has 2 heterocycles. The molecular formula is C9H10N4O2S. The van der Waals surface area contributed by atoms with Crippen molar-refractivity contribution in [1.29, 1.82) is 5.26 Å². The van der Waals surface area contributed by atoms with Gasteiger partial charge in [0.25, 0.3) is 0 Å². The molecule has 0 aromatic carbocycles. The maximum atomic E-state index is 11.2. The van der Waals surface area contributed by atoms with Crippen LogP contribution in [0.15, 0.2) is 12.4 Å². The molecule has 16 heavy (non-hydrogen) atoms. The van der Waals surface area contributed by atoms with E-state index < -0.39 is 9.84 Å². The maximum absolute atomic E-state index is 11.2. The van der Waals surface area contributed by atoms with Crippen LogP contribution >= 0.6 is 0 Å². The van der Waals surface area contributed by atoms with E-state index in [1.54, 1.807) is 0 Å². The van der Waals surface area contributed by atoms with Gasteiger partial charge in [0.15, 0.2) is 15.5 Å². The molecule has 0 N–H and O–H groups in total. The van der Waals surface area contributed by atoms with Gasteiger partial charge in [0.2, 0.25) is 0 Å². The molecule has 1 fully saturated rings. The number of aromatic nitrogens is 2. The Morgan fingerprint density at radius 3 is 2.44 bits per heavy atom. The van der Waals surface area contributed by atoms with E-state index in [9.17, 15) is 8.42 Å². The van der Waals surface area contributed by atoms with Gasteiger partial charge in [0.05, 0.1) is 23.9 Å². The summed E-state index contributed by atoms with van der Waals surface area (Å²) in [6.45, 7) is 0.867. The molecule has 1 aromatic rings. The molecule has 84 valence electrons. The molecule has 7 heteroatoms. The summed E-state index contributed by atoms with van der Waals surface area (Å²) in [5.74, 6) is 0.914. The van der Waals surface area contributed by atoms with Crippen LogP contribution in [0.25, 0.3) is 0 Å². The van der Waals surface area contributed by atoms with Gasteiger partial charge in [-0.05, 0) is 0 Å². The first-order valence-electron chi connectivity index (χ1n) is 4.78. The van der Waals surface area contributed by atoms with Crippen molar-refractivity contribution < 1.29 is 8.42 Å². The lowest BCUT2D eigenvalue weighted by Gasteiger charge is -2.27. The molecule has 1 saturated heterocycles. The van der Waals surface area contributed by atoms with Gasteiger partial charge >= 0.3 is 0 Å². The number of rotatable bonds is 1. The van der Waals surface area contributed by atoms with Gasteiger partial charge in [-0.15, -0.1) is 0 Å². The fourth-order valence-corrected chi connectivity index (χ4v) is 2.69. The Bertz CT molecular complexity index is 503. The lowest BCUT2D eigenvalue weighted by atomic mass is 10.4. The Labute approximate surface area is 93.5 Å². The first kappa shape index (κ1) is 10.8. The summed E-state index contributed by atoms with van der Waals surface area (Å²) in [5, 5.41) is 8.56. The van der Waals surface area contributed by atoms with Gasteiger partial charge in [-0.1, -0.05) is 0 Å². The summed E-state index contributed by atoms with van der Waals surface area (Å²) in [7, 11) is -2.88. The lowest BCUT2D eigenvalue weighted by molar-refractivity contribution is 0.586. The van der Waals surface area contributed by atoms with Crippen molar-refractivity contribution in [3.63, 3.8) is 0 Å². The first-order chi connectivity index (χ1) is 7.61. The third-order valence-corrected chi connectivity index (χ3v) is 4.03. The largest absolute Gasteiger partial charge is 0.353 e. The molecule has 6 nitrogen and oxygen atoms in total. The van der Waals surface area contributed by atoms with E-state index in [-0.39, 0.29) is 17.2 Å². The average Bonchev–Trinajstić information content (AvgIpc) is 2.29. The zero-order valence-corrected chi connectivity index (χ0v) is 9.31. The van der Waals surface area contributed by atoms with Crippen LogP contribution in [0.4, 0.5) is 5.82 Å². The van der Waals surface area contributed by atoms with Crippen molar-refractivity contribution >= 4 is 15.7 Å². The second kappa shape index (κ2) is 4.06. The van der Waals surface area contributed by atoms with Crippen molar-refractivity contribution in [2.45, 2.75) is 0 Å². The van der Waals surface area contributed by atoms with E-state index in [1.807, 2.05) is 11.0 Å². The molecule has 1 aromatic heterocycles. The van der Waals surface area contributed by atoms with Crippen LogP contribution in [0.3, 0.4) is 0 Å². The summed E-state index contributed by atoms with van der Waals surface area (Å²) in [6, 6.07) is 1.88. The fraction of sp³-hybridized carbons (Fsp3) is 0.444. The van der Waals surface area contributed by atoms with E-state index in [2.05, 4.69) is 9.97 Å². The minimum absolute atomic E-state index is 0.148. The zero-order chi connectivity index (χ0) is 11.6. The second-order valence-corrected chi connectivity index (χ2v) is 5.81.